The highest BCUT2D eigenvalue weighted by atomic mass is 16.1. The third kappa shape index (κ3) is 2.59. The van der Waals surface area contributed by atoms with Gasteiger partial charge in [0.15, 0.2) is 5.78 Å². The van der Waals surface area contributed by atoms with Crippen LogP contribution < -0.4 is 5.32 Å². The number of allylic oxidation sites excluding steroid dienone is 2. The Kier molecular flexibility index (Phi) is 3.51. The van der Waals surface area contributed by atoms with Crippen LogP contribution in [0.2, 0.25) is 0 Å². The Hall–Kier alpha value is -2.87. The van der Waals surface area contributed by atoms with Gasteiger partial charge in [-0.25, -0.2) is 0 Å². The third-order valence-corrected chi connectivity index (χ3v) is 5.89. The van der Waals surface area contributed by atoms with E-state index in [1.54, 1.807) is 0 Å². The van der Waals surface area contributed by atoms with Crippen LogP contribution in [0.25, 0.3) is 10.8 Å². The Morgan fingerprint density at radius 1 is 0.889 bits per heavy atom. The van der Waals surface area contributed by atoms with E-state index in [0.717, 1.165) is 23.4 Å². The number of hydrogen-bond acceptors (Lipinski definition) is 2. The molecule has 0 saturated carbocycles. The van der Waals surface area contributed by atoms with Crippen molar-refractivity contribution in [2.45, 2.75) is 32.6 Å². The van der Waals surface area contributed by atoms with E-state index in [1.807, 2.05) is 6.07 Å². The minimum absolute atomic E-state index is 0.00524. The van der Waals surface area contributed by atoms with Gasteiger partial charge in [-0.05, 0) is 28.3 Å². The van der Waals surface area contributed by atoms with Gasteiger partial charge >= 0.3 is 0 Å². The van der Waals surface area contributed by atoms with E-state index >= 15 is 0 Å². The standard InChI is InChI=1S/C25H23NO/c1-25(2)14-20-23(21(27)15-25)22(17-9-4-3-5-10-17)19-13-12-16-8-6-7-11-18(16)24(19)26-20/h3-13,22,26H,14-15H2,1-2H3/t22-/m0/s1. The Morgan fingerprint density at radius 2 is 1.63 bits per heavy atom. The van der Waals surface area contributed by atoms with Crippen molar-refractivity contribution >= 4 is 22.2 Å². The maximum Gasteiger partial charge on any atom is 0.162 e. The first-order chi connectivity index (χ1) is 13.0. The average Bonchev–Trinajstić information content (AvgIpc) is 2.66. The second-order valence-corrected chi connectivity index (χ2v) is 8.55. The number of hydrogen-bond donors (Lipinski definition) is 1. The summed E-state index contributed by atoms with van der Waals surface area (Å²) in [4.78, 5) is 13.2. The molecule has 0 aromatic heterocycles. The maximum absolute atomic E-state index is 13.2. The number of rotatable bonds is 1. The van der Waals surface area contributed by atoms with Crippen molar-refractivity contribution in [1.29, 1.82) is 0 Å². The van der Waals surface area contributed by atoms with E-state index in [1.165, 1.54) is 21.9 Å². The molecule has 0 unspecified atom stereocenters. The quantitative estimate of drug-likeness (QED) is 0.578. The van der Waals surface area contributed by atoms with Gasteiger partial charge in [0.1, 0.15) is 0 Å². The van der Waals surface area contributed by atoms with E-state index in [4.69, 9.17) is 0 Å². The minimum Gasteiger partial charge on any atom is -0.358 e. The zero-order valence-corrected chi connectivity index (χ0v) is 15.8. The van der Waals surface area contributed by atoms with Crippen LogP contribution in [0.15, 0.2) is 78.0 Å². The van der Waals surface area contributed by atoms with E-state index < -0.39 is 0 Å². The van der Waals surface area contributed by atoms with Crippen LogP contribution in [0.1, 0.15) is 43.7 Å². The van der Waals surface area contributed by atoms with Crippen LogP contribution in [0.3, 0.4) is 0 Å². The molecule has 27 heavy (non-hydrogen) atoms. The molecular formula is C25H23NO. The van der Waals surface area contributed by atoms with Gasteiger partial charge in [-0.2, -0.15) is 0 Å². The number of carbonyl (C=O) groups is 1. The highest BCUT2D eigenvalue weighted by Gasteiger charge is 2.40. The van der Waals surface area contributed by atoms with Gasteiger partial charge in [0.05, 0.1) is 5.69 Å². The zero-order chi connectivity index (χ0) is 18.6. The molecule has 0 radical (unpaired) electrons. The molecule has 5 rings (SSSR count). The predicted octanol–water partition coefficient (Wildman–Crippen LogP) is 6.04. The molecule has 1 atom stereocenters. The van der Waals surface area contributed by atoms with Crippen molar-refractivity contribution in [3.05, 3.63) is 89.1 Å². The van der Waals surface area contributed by atoms with Crippen molar-refractivity contribution in [3.8, 4) is 0 Å². The normalized spacial score (nSPS) is 20.8. The van der Waals surface area contributed by atoms with E-state index in [9.17, 15) is 4.79 Å². The molecule has 1 N–H and O–H groups in total. The summed E-state index contributed by atoms with van der Waals surface area (Å²) in [5, 5.41) is 6.13. The smallest absolute Gasteiger partial charge is 0.162 e. The summed E-state index contributed by atoms with van der Waals surface area (Å²) in [6.45, 7) is 4.37. The van der Waals surface area contributed by atoms with Crippen LogP contribution >= 0.6 is 0 Å². The first-order valence-corrected chi connectivity index (χ1v) is 9.63. The molecule has 1 aliphatic heterocycles. The van der Waals surface area contributed by atoms with Crippen LogP contribution in [-0.2, 0) is 4.79 Å². The van der Waals surface area contributed by atoms with E-state index in [-0.39, 0.29) is 17.1 Å². The molecule has 0 amide bonds. The number of ketones is 1. The van der Waals surface area contributed by atoms with Gasteiger partial charge in [0.2, 0.25) is 0 Å². The molecule has 3 aromatic rings. The van der Waals surface area contributed by atoms with Crippen LogP contribution in [-0.4, -0.2) is 5.78 Å². The molecular weight excluding hydrogens is 330 g/mol. The molecule has 1 heterocycles. The molecule has 2 aliphatic rings. The Labute approximate surface area is 159 Å². The number of Topliss-reactive ketones (excluding diaryl/α,β-unsaturated/α-hetero) is 1. The lowest BCUT2D eigenvalue weighted by Gasteiger charge is -2.40. The molecule has 0 bridgehead atoms. The number of benzene rings is 3. The molecule has 0 spiro atoms. The topological polar surface area (TPSA) is 29.1 Å². The Balaban J connectivity index is 1.80. The van der Waals surface area contributed by atoms with Gasteiger partial charge in [0, 0.05) is 29.0 Å². The molecule has 2 heteroatoms. The highest BCUT2D eigenvalue weighted by molar-refractivity contribution is 6.05. The Morgan fingerprint density at radius 3 is 2.44 bits per heavy atom. The van der Waals surface area contributed by atoms with Crippen molar-refractivity contribution in [3.63, 3.8) is 0 Å². The van der Waals surface area contributed by atoms with Crippen molar-refractivity contribution in [2.75, 3.05) is 5.32 Å². The van der Waals surface area contributed by atoms with E-state index in [0.29, 0.717) is 6.42 Å². The van der Waals surface area contributed by atoms with Crippen molar-refractivity contribution < 1.29 is 4.79 Å². The maximum atomic E-state index is 13.2. The molecule has 134 valence electrons. The lowest BCUT2D eigenvalue weighted by atomic mass is 9.68. The number of carbonyl (C=O) groups excluding carboxylic acids is 1. The largest absolute Gasteiger partial charge is 0.358 e. The molecule has 0 fully saturated rings. The predicted molar refractivity (Wildman–Crippen MR) is 111 cm³/mol. The van der Waals surface area contributed by atoms with Crippen LogP contribution in [0.4, 0.5) is 5.69 Å². The summed E-state index contributed by atoms with van der Waals surface area (Å²) in [5.74, 6) is 0.284. The van der Waals surface area contributed by atoms with Crippen molar-refractivity contribution in [1.82, 2.24) is 0 Å². The first kappa shape index (κ1) is 16.3. The lowest BCUT2D eigenvalue weighted by Crippen LogP contribution is -2.33. The molecule has 0 saturated heterocycles. The molecule has 1 aliphatic carbocycles. The minimum atomic E-state index is -0.00770. The third-order valence-electron chi connectivity index (χ3n) is 5.89. The van der Waals surface area contributed by atoms with Crippen molar-refractivity contribution in [2.24, 2.45) is 5.41 Å². The summed E-state index contributed by atoms with van der Waals surface area (Å²) < 4.78 is 0. The molecule has 3 aromatic carbocycles. The summed E-state index contributed by atoms with van der Waals surface area (Å²) in [7, 11) is 0. The van der Waals surface area contributed by atoms with Gasteiger partial charge in [-0.1, -0.05) is 80.6 Å². The summed E-state index contributed by atoms with van der Waals surface area (Å²) in [6, 6.07) is 23.3. The second kappa shape index (κ2) is 5.82. The monoisotopic (exact) mass is 353 g/mol. The average molecular weight is 353 g/mol. The Bertz CT molecular complexity index is 1090. The second-order valence-electron chi connectivity index (χ2n) is 8.55. The molecule has 2 nitrogen and oxygen atoms in total. The number of anilines is 1. The fourth-order valence-electron chi connectivity index (χ4n) is 4.75. The fraction of sp³-hybridized carbons (Fsp3) is 0.240. The van der Waals surface area contributed by atoms with Gasteiger partial charge in [0.25, 0.3) is 0 Å². The van der Waals surface area contributed by atoms with Crippen LogP contribution in [0.5, 0.6) is 0 Å². The number of nitrogens with one attached hydrogen (secondary N) is 1. The van der Waals surface area contributed by atoms with Crippen LogP contribution in [0, 0.1) is 5.41 Å². The van der Waals surface area contributed by atoms with Gasteiger partial charge in [-0.15, -0.1) is 0 Å². The summed E-state index contributed by atoms with van der Waals surface area (Å²) >= 11 is 0. The SMILES string of the molecule is CC1(C)CC(=O)C2=C(C1)Nc1c(ccc3ccccc13)[C@@H]2c1ccccc1. The fourth-order valence-corrected chi connectivity index (χ4v) is 4.75. The number of fused-ring (bicyclic) bond motifs is 3. The highest BCUT2D eigenvalue weighted by Crippen LogP contribution is 2.50. The van der Waals surface area contributed by atoms with Gasteiger partial charge in [-0.3, -0.25) is 4.79 Å². The van der Waals surface area contributed by atoms with E-state index in [2.05, 4.69) is 79.8 Å². The first-order valence-electron chi connectivity index (χ1n) is 9.63. The summed E-state index contributed by atoms with van der Waals surface area (Å²) in [5.41, 5.74) is 5.61. The summed E-state index contributed by atoms with van der Waals surface area (Å²) in [6.07, 6.45) is 1.51. The zero-order valence-electron chi connectivity index (χ0n) is 15.8. The lowest BCUT2D eigenvalue weighted by molar-refractivity contribution is -0.118. The van der Waals surface area contributed by atoms with Gasteiger partial charge < -0.3 is 5.32 Å².